The van der Waals surface area contributed by atoms with Gasteiger partial charge in [-0.05, 0) is 23.8 Å². The fourth-order valence-corrected chi connectivity index (χ4v) is 1.80. The molecule has 0 unspecified atom stereocenters. The van der Waals surface area contributed by atoms with Gasteiger partial charge in [-0.1, -0.05) is 18.2 Å². The van der Waals surface area contributed by atoms with Gasteiger partial charge in [0.1, 0.15) is 6.61 Å². The molecule has 106 valence electrons. The average molecular weight is 280 g/mol. The molecule has 0 atom stereocenters. The summed E-state index contributed by atoms with van der Waals surface area (Å²) in [5.74, 6) is 2.06. The minimum Gasteiger partial charge on any atom is -0.461 e. The highest BCUT2D eigenvalue weighted by atomic mass is 16.5. The second-order valence-corrected chi connectivity index (χ2v) is 4.35. The molecule has 0 spiro atoms. The summed E-state index contributed by atoms with van der Waals surface area (Å²) in [6.07, 6.45) is 9.05. The Hall–Kier alpha value is -2.80. The number of hydrogen-bond acceptors (Lipinski definition) is 4. The van der Waals surface area contributed by atoms with Crippen LogP contribution in [0, 0.1) is 12.3 Å². The summed E-state index contributed by atoms with van der Waals surface area (Å²) in [6, 6.07) is 11.1. The van der Waals surface area contributed by atoms with Crippen molar-refractivity contribution in [3.63, 3.8) is 0 Å². The first-order valence-corrected chi connectivity index (χ1v) is 6.63. The zero-order valence-corrected chi connectivity index (χ0v) is 11.6. The van der Waals surface area contributed by atoms with Gasteiger partial charge in [0.15, 0.2) is 0 Å². The van der Waals surface area contributed by atoms with Crippen molar-refractivity contribution in [3.05, 3.63) is 59.9 Å². The Morgan fingerprint density at radius 1 is 1.29 bits per heavy atom. The van der Waals surface area contributed by atoms with Crippen LogP contribution in [-0.2, 0) is 11.3 Å². The molecule has 1 aromatic carbocycles. The van der Waals surface area contributed by atoms with Crippen molar-refractivity contribution in [2.24, 2.45) is 0 Å². The van der Waals surface area contributed by atoms with Crippen LogP contribution in [0.3, 0.4) is 0 Å². The van der Waals surface area contributed by atoms with Gasteiger partial charge in [0.2, 0.25) is 0 Å². The maximum atomic E-state index is 12.0. The van der Waals surface area contributed by atoms with E-state index in [0.29, 0.717) is 18.5 Å². The Labute approximate surface area is 124 Å². The zero-order valence-electron chi connectivity index (χ0n) is 11.6. The van der Waals surface area contributed by atoms with Crippen LogP contribution in [0.25, 0.3) is 0 Å². The molecule has 4 nitrogen and oxygen atoms in total. The van der Waals surface area contributed by atoms with Gasteiger partial charge in [-0.2, -0.15) is 0 Å². The van der Waals surface area contributed by atoms with E-state index in [2.05, 4.69) is 16.2 Å². The van der Waals surface area contributed by atoms with E-state index in [9.17, 15) is 4.79 Å². The van der Waals surface area contributed by atoms with E-state index in [1.165, 1.54) is 0 Å². The summed E-state index contributed by atoms with van der Waals surface area (Å²) < 4.78 is 5.13. The summed E-state index contributed by atoms with van der Waals surface area (Å²) >= 11 is 0. The van der Waals surface area contributed by atoms with Crippen molar-refractivity contribution in [2.75, 3.05) is 11.9 Å². The number of ether oxygens (including phenoxy) is 1. The van der Waals surface area contributed by atoms with E-state index in [1.807, 2.05) is 24.3 Å². The fourth-order valence-electron chi connectivity index (χ4n) is 1.80. The smallest absolute Gasteiger partial charge is 0.340 e. The van der Waals surface area contributed by atoms with Crippen LogP contribution < -0.4 is 5.32 Å². The third-order valence-electron chi connectivity index (χ3n) is 2.83. The Morgan fingerprint density at radius 3 is 2.90 bits per heavy atom. The van der Waals surface area contributed by atoms with E-state index in [4.69, 9.17) is 11.2 Å². The van der Waals surface area contributed by atoms with Crippen LogP contribution in [0.15, 0.2) is 48.8 Å². The molecule has 0 aliphatic rings. The first-order valence-electron chi connectivity index (χ1n) is 6.63. The second-order valence-electron chi connectivity index (χ2n) is 4.35. The third kappa shape index (κ3) is 4.36. The first kappa shape index (κ1) is 14.6. The van der Waals surface area contributed by atoms with Gasteiger partial charge < -0.3 is 10.1 Å². The molecule has 0 aliphatic carbocycles. The second kappa shape index (κ2) is 7.71. The lowest BCUT2D eigenvalue weighted by Gasteiger charge is -2.11. The summed E-state index contributed by atoms with van der Waals surface area (Å²) in [5, 5.41) is 3.22. The molecule has 21 heavy (non-hydrogen) atoms. The molecule has 4 heteroatoms. The monoisotopic (exact) mass is 280 g/mol. The Morgan fingerprint density at radius 2 is 2.14 bits per heavy atom. The molecule has 0 saturated heterocycles. The number of terminal acetylenes is 1. The number of benzene rings is 1. The molecule has 0 fully saturated rings. The molecular weight excluding hydrogens is 264 g/mol. The third-order valence-corrected chi connectivity index (χ3v) is 2.83. The molecular formula is C17H16N2O2. The number of aromatic nitrogens is 1. The fraction of sp³-hybridized carbons (Fsp3) is 0.176. The molecule has 1 aromatic heterocycles. The van der Waals surface area contributed by atoms with Crippen LogP contribution >= 0.6 is 0 Å². The number of carbonyl (C=O) groups is 1. The zero-order chi connectivity index (χ0) is 14.9. The highest BCUT2D eigenvalue weighted by molar-refractivity contribution is 5.95. The van der Waals surface area contributed by atoms with Gasteiger partial charge in [0.25, 0.3) is 0 Å². The lowest BCUT2D eigenvalue weighted by atomic mass is 10.1. The quantitative estimate of drug-likeness (QED) is 0.502. The Bertz CT molecular complexity index is 633. The normalized spacial score (nSPS) is 9.67. The molecule has 0 saturated carbocycles. The highest BCUT2D eigenvalue weighted by Gasteiger charge is 2.11. The minimum absolute atomic E-state index is 0.228. The number of esters is 1. The van der Waals surface area contributed by atoms with E-state index >= 15 is 0 Å². The molecule has 1 N–H and O–H groups in total. The topological polar surface area (TPSA) is 51.2 Å². The first-order chi connectivity index (χ1) is 10.3. The number of carbonyl (C=O) groups excluding carboxylic acids is 1. The van der Waals surface area contributed by atoms with Crippen molar-refractivity contribution in [1.29, 1.82) is 0 Å². The van der Waals surface area contributed by atoms with Crippen LogP contribution in [0.5, 0.6) is 0 Å². The number of hydrogen-bond donors (Lipinski definition) is 1. The van der Waals surface area contributed by atoms with Gasteiger partial charge in [0.05, 0.1) is 5.56 Å². The molecule has 0 aliphatic heterocycles. The summed E-state index contributed by atoms with van der Waals surface area (Å²) in [5.41, 5.74) is 2.26. The van der Waals surface area contributed by atoms with Gasteiger partial charge in [0, 0.05) is 31.0 Å². The molecule has 2 rings (SSSR count). The van der Waals surface area contributed by atoms with Gasteiger partial charge in [-0.15, -0.1) is 12.3 Å². The summed E-state index contributed by atoms with van der Waals surface area (Å²) in [7, 11) is 0. The summed E-state index contributed by atoms with van der Waals surface area (Å²) in [4.78, 5) is 16.1. The molecule has 1 heterocycles. The number of pyridine rings is 1. The summed E-state index contributed by atoms with van der Waals surface area (Å²) in [6.45, 7) is 0.814. The van der Waals surface area contributed by atoms with Crippen LogP contribution in [0.1, 0.15) is 22.3 Å². The minimum atomic E-state index is -0.375. The number of nitrogens with one attached hydrogen (secondary N) is 1. The molecule has 0 radical (unpaired) electrons. The van der Waals surface area contributed by atoms with E-state index in [1.54, 1.807) is 24.5 Å². The maximum Gasteiger partial charge on any atom is 0.340 e. The average Bonchev–Trinajstić information content (AvgIpc) is 2.54. The van der Waals surface area contributed by atoms with Crippen molar-refractivity contribution < 1.29 is 9.53 Å². The van der Waals surface area contributed by atoms with Gasteiger partial charge in [-0.25, -0.2) is 4.79 Å². The van der Waals surface area contributed by atoms with Crippen LogP contribution in [0.2, 0.25) is 0 Å². The lowest BCUT2D eigenvalue weighted by molar-refractivity contribution is 0.0515. The van der Waals surface area contributed by atoms with Crippen molar-refractivity contribution >= 4 is 11.7 Å². The van der Waals surface area contributed by atoms with Crippen molar-refractivity contribution in [1.82, 2.24) is 4.98 Å². The SMILES string of the molecule is C#CCCOC(=O)c1ccccc1NCc1cccnc1. The Kier molecular flexibility index (Phi) is 5.36. The van der Waals surface area contributed by atoms with Crippen molar-refractivity contribution in [3.8, 4) is 12.3 Å². The molecule has 0 bridgehead atoms. The van der Waals surface area contributed by atoms with Crippen LogP contribution in [-0.4, -0.2) is 17.6 Å². The van der Waals surface area contributed by atoms with Crippen molar-refractivity contribution in [2.45, 2.75) is 13.0 Å². The van der Waals surface area contributed by atoms with Gasteiger partial charge >= 0.3 is 5.97 Å². The number of nitrogens with zero attached hydrogens (tertiary/aromatic N) is 1. The van der Waals surface area contributed by atoms with E-state index < -0.39 is 0 Å². The Balaban J connectivity index is 2.03. The standard InChI is InChI=1S/C17H16N2O2/c1-2-3-11-21-17(20)15-8-4-5-9-16(15)19-13-14-7-6-10-18-12-14/h1,4-10,12,19H,3,11,13H2. The molecule has 2 aromatic rings. The predicted octanol–water partition coefficient (Wildman–Crippen LogP) is 2.87. The number of anilines is 1. The predicted molar refractivity (Wildman–Crippen MR) is 81.7 cm³/mol. The lowest BCUT2D eigenvalue weighted by Crippen LogP contribution is -2.10. The highest BCUT2D eigenvalue weighted by Crippen LogP contribution is 2.17. The van der Waals surface area contributed by atoms with Gasteiger partial charge in [-0.3, -0.25) is 4.98 Å². The number of para-hydroxylation sites is 1. The van der Waals surface area contributed by atoms with Crippen LogP contribution in [0.4, 0.5) is 5.69 Å². The molecule has 0 amide bonds. The largest absolute Gasteiger partial charge is 0.461 e. The van der Waals surface area contributed by atoms with E-state index in [0.717, 1.165) is 11.3 Å². The maximum absolute atomic E-state index is 12.0. The number of rotatable bonds is 6. The van der Waals surface area contributed by atoms with E-state index in [-0.39, 0.29) is 12.6 Å².